The number of amides is 2. The van der Waals surface area contributed by atoms with Crippen LogP contribution in [-0.4, -0.2) is 40.9 Å². The summed E-state index contributed by atoms with van der Waals surface area (Å²) in [6.45, 7) is 0. The third-order valence-electron chi connectivity index (χ3n) is 4.46. The van der Waals surface area contributed by atoms with Gasteiger partial charge in [-0.2, -0.15) is 0 Å². The maximum Gasteiger partial charge on any atom is 0.330 e. The topological polar surface area (TPSA) is 73.7 Å². The largest absolute Gasteiger partial charge is 0.481 e. The summed E-state index contributed by atoms with van der Waals surface area (Å²) in [4.78, 5) is 31.3. The molecule has 0 unspecified atom stereocenters. The summed E-state index contributed by atoms with van der Waals surface area (Å²) in [5.74, 6) is -1.51. The van der Waals surface area contributed by atoms with Crippen molar-refractivity contribution in [1.29, 1.82) is 0 Å². The van der Waals surface area contributed by atoms with Crippen LogP contribution in [0.2, 0.25) is 5.02 Å². The molecule has 0 aliphatic heterocycles. The maximum atomic E-state index is 13.6. The smallest absolute Gasteiger partial charge is 0.330 e. The van der Waals surface area contributed by atoms with E-state index in [0.717, 1.165) is 37.4 Å². The van der Waals surface area contributed by atoms with E-state index in [1.165, 1.54) is 28.4 Å². The van der Waals surface area contributed by atoms with Crippen LogP contribution < -0.4 is 9.80 Å². The number of aliphatic carboxylic acids is 1. The van der Waals surface area contributed by atoms with Gasteiger partial charge in [-0.3, -0.25) is 14.6 Å². The van der Waals surface area contributed by atoms with Crippen molar-refractivity contribution in [2.75, 3.05) is 22.6 Å². The van der Waals surface area contributed by atoms with Crippen molar-refractivity contribution in [3.8, 4) is 0 Å². The van der Waals surface area contributed by atoms with Gasteiger partial charge in [0.1, 0.15) is 5.82 Å². The lowest BCUT2D eigenvalue weighted by Crippen LogP contribution is -2.46. The van der Waals surface area contributed by atoms with E-state index in [2.05, 4.69) is 4.98 Å². The molecule has 28 heavy (non-hydrogen) atoms. The fourth-order valence-corrected chi connectivity index (χ4v) is 4.93. The van der Waals surface area contributed by atoms with E-state index in [1.807, 2.05) is 0 Å². The van der Waals surface area contributed by atoms with Crippen LogP contribution in [0.5, 0.6) is 0 Å². The molecule has 1 aromatic carbocycles. The van der Waals surface area contributed by atoms with Gasteiger partial charge in [0.25, 0.3) is 0 Å². The minimum absolute atomic E-state index is 0.0114. The predicted octanol–water partition coefficient (Wildman–Crippen LogP) is 5.12. The zero-order valence-corrected chi connectivity index (χ0v) is 17.5. The Hall–Kier alpha value is -1.84. The standard InChI is InChI=1S/C18H19ClFN3O3S2/c1-22(17-21-9-16(28-17)27-10-15(24)25)18(26)23(11-4-2-3-5-11)12-6-7-14(20)13(19)8-12/h6-9,11H,2-5,10H2,1H3,(H,24,25). The summed E-state index contributed by atoms with van der Waals surface area (Å²) in [7, 11) is 1.62. The first-order valence-corrected chi connectivity index (χ1v) is 10.9. The number of anilines is 2. The van der Waals surface area contributed by atoms with Crippen LogP contribution in [0.1, 0.15) is 25.7 Å². The van der Waals surface area contributed by atoms with Crippen molar-refractivity contribution < 1.29 is 19.1 Å². The van der Waals surface area contributed by atoms with Crippen molar-refractivity contribution in [2.45, 2.75) is 35.9 Å². The average molecular weight is 444 g/mol. The Balaban J connectivity index is 1.84. The number of hydrogen-bond acceptors (Lipinski definition) is 5. The van der Waals surface area contributed by atoms with E-state index in [-0.39, 0.29) is 22.8 Å². The van der Waals surface area contributed by atoms with Gasteiger partial charge in [-0.05, 0) is 31.0 Å². The molecular formula is C18H19ClFN3O3S2. The monoisotopic (exact) mass is 443 g/mol. The molecular weight excluding hydrogens is 425 g/mol. The van der Waals surface area contributed by atoms with Gasteiger partial charge in [-0.25, -0.2) is 14.2 Å². The number of carboxylic acids is 1. The number of aromatic nitrogens is 1. The SMILES string of the molecule is CN(C(=O)N(c1ccc(F)c(Cl)c1)C1CCCC1)c1ncc(SCC(=O)O)s1. The molecule has 1 aliphatic carbocycles. The van der Waals surface area contributed by atoms with Crippen LogP contribution in [-0.2, 0) is 4.79 Å². The van der Waals surface area contributed by atoms with Gasteiger partial charge in [0.15, 0.2) is 5.13 Å². The minimum atomic E-state index is -0.912. The van der Waals surface area contributed by atoms with Gasteiger partial charge in [0.05, 0.1) is 21.2 Å². The number of thiazole rings is 1. The second kappa shape index (κ2) is 9.11. The Bertz CT molecular complexity index is 874. The van der Waals surface area contributed by atoms with Gasteiger partial charge in [-0.1, -0.05) is 35.8 Å². The van der Waals surface area contributed by atoms with Crippen LogP contribution >= 0.6 is 34.7 Å². The molecule has 150 valence electrons. The molecule has 0 spiro atoms. The van der Waals surface area contributed by atoms with Crippen LogP contribution in [0.25, 0.3) is 0 Å². The molecule has 1 aromatic heterocycles. The second-order valence-electron chi connectivity index (χ2n) is 6.39. The highest BCUT2D eigenvalue weighted by Crippen LogP contribution is 2.34. The van der Waals surface area contributed by atoms with E-state index >= 15 is 0 Å². The fourth-order valence-electron chi connectivity index (χ4n) is 3.12. The molecule has 10 heteroatoms. The zero-order valence-electron chi connectivity index (χ0n) is 15.1. The Morgan fingerprint density at radius 3 is 2.75 bits per heavy atom. The average Bonchev–Trinajstić information content (AvgIpc) is 3.34. The van der Waals surface area contributed by atoms with Gasteiger partial charge >= 0.3 is 12.0 Å². The van der Waals surface area contributed by atoms with Gasteiger partial charge in [0, 0.05) is 18.8 Å². The quantitative estimate of drug-likeness (QED) is 0.627. The minimum Gasteiger partial charge on any atom is -0.481 e. The number of hydrogen-bond donors (Lipinski definition) is 1. The molecule has 1 saturated carbocycles. The third-order valence-corrected chi connectivity index (χ3v) is 7.00. The first-order valence-electron chi connectivity index (χ1n) is 8.69. The third kappa shape index (κ3) is 4.76. The van der Waals surface area contributed by atoms with Crippen molar-refractivity contribution in [3.63, 3.8) is 0 Å². The number of thioether (sulfide) groups is 1. The molecule has 0 saturated heterocycles. The highest BCUT2D eigenvalue weighted by molar-refractivity contribution is 8.01. The van der Waals surface area contributed by atoms with E-state index in [4.69, 9.17) is 16.7 Å². The molecule has 2 amide bonds. The normalized spacial score (nSPS) is 14.2. The lowest BCUT2D eigenvalue weighted by atomic mass is 10.2. The summed E-state index contributed by atoms with van der Waals surface area (Å²) in [6, 6.07) is 4.02. The molecule has 6 nitrogen and oxygen atoms in total. The molecule has 1 heterocycles. The van der Waals surface area contributed by atoms with Crippen LogP contribution in [0.4, 0.5) is 20.0 Å². The second-order valence-corrected chi connectivity index (χ2v) is 9.08. The number of carbonyl (C=O) groups is 2. The van der Waals surface area contributed by atoms with Crippen molar-refractivity contribution >= 4 is 57.5 Å². The Morgan fingerprint density at radius 1 is 1.39 bits per heavy atom. The number of carbonyl (C=O) groups excluding carboxylic acids is 1. The lowest BCUT2D eigenvalue weighted by Gasteiger charge is -2.32. The summed E-state index contributed by atoms with van der Waals surface area (Å²) in [6.07, 6.45) is 5.35. The predicted molar refractivity (Wildman–Crippen MR) is 110 cm³/mol. The van der Waals surface area contributed by atoms with Crippen molar-refractivity contribution in [3.05, 3.63) is 35.2 Å². The van der Waals surface area contributed by atoms with Gasteiger partial charge in [0.2, 0.25) is 0 Å². The summed E-state index contributed by atoms with van der Waals surface area (Å²) >= 11 is 8.35. The molecule has 1 N–H and O–H groups in total. The van der Waals surface area contributed by atoms with Crippen LogP contribution in [0.3, 0.4) is 0 Å². The highest BCUT2D eigenvalue weighted by Gasteiger charge is 2.31. The molecule has 0 atom stereocenters. The number of benzene rings is 1. The molecule has 1 aliphatic rings. The molecule has 0 bridgehead atoms. The number of rotatable bonds is 6. The van der Waals surface area contributed by atoms with Crippen molar-refractivity contribution in [1.82, 2.24) is 4.98 Å². The molecule has 0 radical (unpaired) electrons. The Morgan fingerprint density at radius 2 is 2.11 bits per heavy atom. The first kappa shape index (κ1) is 20.9. The number of halogens is 2. The van der Waals surface area contributed by atoms with E-state index in [9.17, 15) is 14.0 Å². The van der Waals surface area contributed by atoms with E-state index in [0.29, 0.717) is 15.0 Å². The van der Waals surface area contributed by atoms with E-state index in [1.54, 1.807) is 24.2 Å². The van der Waals surface area contributed by atoms with Crippen LogP contribution in [0, 0.1) is 5.82 Å². The molecule has 2 aromatic rings. The highest BCUT2D eigenvalue weighted by atomic mass is 35.5. The van der Waals surface area contributed by atoms with Gasteiger partial charge in [-0.15, -0.1) is 11.8 Å². The van der Waals surface area contributed by atoms with Gasteiger partial charge < -0.3 is 5.11 Å². The number of nitrogens with zero attached hydrogens (tertiary/aromatic N) is 3. The summed E-state index contributed by atoms with van der Waals surface area (Å²) in [5.41, 5.74) is 0.548. The number of urea groups is 1. The summed E-state index contributed by atoms with van der Waals surface area (Å²) < 4.78 is 14.3. The van der Waals surface area contributed by atoms with E-state index < -0.39 is 11.8 Å². The summed E-state index contributed by atoms with van der Waals surface area (Å²) in [5, 5.41) is 9.23. The number of carboxylic acid groups (broad SMARTS) is 1. The maximum absolute atomic E-state index is 13.6. The zero-order chi connectivity index (χ0) is 20.3. The lowest BCUT2D eigenvalue weighted by molar-refractivity contribution is -0.133. The van der Waals surface area contributed by atoms with Crippen molar-refractivity contribution in [2.24, 2.45) is 0 Å². The Labute approximate surface area is 175 Å². The molecule has 1 fully saturated rings. The molecule has 3 rings (SSSR count). The Kier molecular flexibility index (Phi) is 6.79. The first-order chi connectivity index (χ1) is 13.4. The van der Waals surface area contributed by atoms with Crippen LogP contribution in [0.15, 0.2) is 28.6 Å². The fraction of sp³-hybridized carbons (Fsp3) is 0.389.